The molecule has 0 saturated heterocycles. The van der Waals surface area contributed by atoms with Gasteiger partial charge in [0.2, 0.25) is 0 Å². The molecule has 22 heavy (non-hydrogen) atoms. The molecule has 1 unspecified atom stereocenters. The molecule has 0 fully saturated rings. The summed E-state index contributed by atoms with van der Waals surface area (Å²) in [7, 11) is 0. The molecule has 1 nitrogen and oxygen atoms in total. The summed E-state index contributed by atoms with van der Waals surface area (Å²) in [5.74, 6) is -0.179. The monoisotopic (exact) mass is 405 g/mol. The number of benzene rings is 3. The summed E-state index contributed by atoms with van der Waals surface area (Å²) in [6.45, 7) is 2.80. The fourth-order valence-electron chi connectivity index (χ4n) is 2.72. The lowest BCUT2D eigenvalue weighted by Crippen LogP contribution is -2.18. The largest absolute Gasteiger partial charge is 0.306 e. The van der Waals surface area contributed by atoms with Gasteiger partial charge >= 0.3 is 0 Å². The molecule has 0 aliphatic carbocycles. The smallest absolute Gasteiger partial charge is 0.124 e. The number of fused-ring (bicyclic) bond motifs is 1. The zero-order valence-corrected chi connectivity index (χ0v) is 14.5. The van der Waals surface area contributed by atoms with Gasteiger partial charge in [-0.3, -0.25) is 0 Å². The van der Waals surface area contributed by atoms with Crippen LogP contribution in [-0.2, 0) is 6.54 Å². The Morgan fingerprint density at radius 2 is 1.82 bits per heavy atom. The van der Waals surface area contributed by atoms with E-state index in [0.29, 0.717) is 6.54 Å². The third kappa shape index (κ3) is 3.47. The maximum absolute atomic E-state index is 13.5. The van der Waals surface area contributed by atoms with Crippen molar-refractivity contribution in [3.8, 4) is 0 Å². The van der Waals surface area contributed by atoms with Crippen LogP contribution in [0.25, 0.3) is 10.8 Å². The predicted octanol–water partition coefficient (Wildman–Crippen LogP) is 5.43. The highest BCUT2D eigenvalue weighted by Gasteiger charge is 2.09. The molecule has 3 rings (SSSR count). The summed E-state index contributed by atoms with van der Waals surface area (Å²) < 4.78 is 14.4. The second kappa shape index (κ2) is 6.75. The fourth-order valence-corrected chi connectivity index (χ4v) is 3.42. The Balaban J connectivity index is 1.80. The standard InChI is InChI=1S/C19H17FIN/c1-13(22-12-14-9-16(20)11-17(21)10-14)18-8-4-6-15-5-2-3-7-19(15)18/h2-11,13,22H,12H2,1H3. The minimum atomic E-state index is -0.179. The normalized spacial score (nSPS) is 12.5. The van der Waals surface area contributed by atoms with Crippen LogP contribution >= 0.6 is 22.6 Å². The van der Waals surface area contributed by atoms with Crippen molar-refractivity contribution >= 4 is 33.4 Å². The molecule has 3 aromatic carbocycles. The molecule has 3 heteroatoms. The number of hydrogen-bond donors (Lipinski definition) is 1. The van der Waals surface area contributed by atoms with Crippen molar-refractivity contribution in [1.82, 2.24) is 5.32 Å². The molecule has 0 radical (unpaired) electrons. The fraction of sp³-hybridized carbons (Fsp3) is 0.158. The average molecular weight is 405 g/mol. The van der Waals surface area contributed by atoms with E-state index < -0.39 is 0 Å². The SMILES string of the molecule is CC(NCc1cc(F)cc(I)c1)c1cccc2ccccc12. The minimum absolute atomic E-state index is 0.179. The average Bonchev–Trinajstić information content (AvgIpc) is 2.51. The second-order valence-electron chi connectivity index (χ2n) is 5.45. The molecule has 0 heterocycles. The third-order valence-corrected chi connectivity index (χ3v) is 4.45. The Labute approximate surface area is 143 Å². The lowest BCUT2D eigenvalue weighted by Gasteiger charge is -2.17. The first-order valence-corrected chi connectivity index (χ1v) is 8.37. The Morgan fingerprint density at radius 3 is 2.64 bits per heavy atom. The third-order valence-electron chi connectivity index (χ3n) is 3.82. The van der Waals surface area contributed by atoms with E-state index >= 15 is 0 Å². The van der Waals surface area contributed by atoms with Gasteiger partial charge in [-0.1, -0.05) is 42.5 Å². The van der Waals surface area contributed by atoms with Gasteiger partial charge in [0.25, 0.3) is 0 Å². The quantitative estimate of drug-likeness (QED) is 0.571. The summed E-state index contributed by atoms with van der Waals surface area (Å²) in [5.41, 5.74) is 2.24. The van der Waals surface area contributed by atoms with Gasteiger partial charge in [-0.05, 0) is 69.6 Å². The molecule has 0 aromatic heterocycles. The van der Waals surface area contributed by atoms with Gasteiger partial charge in [-0.15, -0.1) is 0 Å². The first-order valence-electron chi connectivity index (χ1n) is 7.29. The van der Waals surface area contributed by atoms with Gasteiger partial charge in [-0.2, -0.15) is 0 Å². The molecule has 1 atom stereocenters. The van der Waals surface area contributed by atoms with Gasteiger partial charge in [0.1, 0.15) is 5.82 Å². The van der Waals surface area contributed by atoms with Crippen molar-refractivity contribution in [3.63, 3.8) is 0 Å². The molecule has 0 aliphatic rings. The van der Waals surface area contributed by atoms with Gasteiger partial charge < -0.3 is 5.32 Å². The minimum Gasteiger partial charge on any atom is -0.306 e. The Hall–Kier alpha value is -1.46. The molecule has 0 spiro atoms. The van der Waals surface area contributed by atoms with Gasteiger partial charge in [-0.25, -0.2) is 4.39 Å². The molecule has 0 bridgehead atoms. The zero-order valence-electron chi connectivity index (χ0n) is 12.3. The Morgan fingerprint density at radius 1 is 1.05 bits per heavy atom. The lowest BCUT2D eigenvalue weighted by atomic mass is 9.99. The first kappa shape index (κ1) is 15.4. The Kier molecular flexibility index (Phi) is 4.74. The molecule has 0 amide bonds. The molecular formula is C19H17FIN. The molecule has 112 valence electrons. The van der Waals surface area contributed by atoms with Gasteiger partial charge in [0.15, 0.2) is 0 Å². The molecule has 1 N–H and O–H groups in total. The molecule has 0 aliphatic heterocycles. The number of halogens is 2. The van der Waals surface area contributed by atoms with Crippen molar-refractivity contribution in [1.29, 1.82) is 0 Å². The van der Waals surface area contributed by atoms with Crippen LogP contribution in [0.15, 0.2) is 60.7 Å². The van der Waals surface area contributed by atoms with E-state index in [1.54, 1.807) is 6.07 Å². The van der Waals surface area contributed by atoms with Crippen LogP contribution in [-0.4, -0.2) is 0 Å². The summed E-state index contributed by atoms with van der Waals surface area (Å²) >= 11 is 2.14. The number of nitrogens with one attached hydrogen (secondary N) is 1. The van der Waals surface area contributed by atoms with Gasteiger partial charge in [0.05, 0.1) is 0 Å². The summed E-state index contributed by atoms with van der Waals surface area (Å²) in [5, 5.41) is 6.00. The maximum atomic E-state index is 13.5. The number of rotatable bonds is 4. The van der Waals surface area contributed by atoms with Crippen LogP contribution in [0.4, 0.5) is 4.39 Å². The lowest BCUT2D eigenvalue weighted by molar-refractivity contribution is 0.572. The maximum Gasteiger partial charge on any atom is 0.124 e. The van der Waals surface area contributed by atoms with Gasteiger partial charge in [0, 0.05) is 16.2 Å². The van der Waals surface area contributed by atoms with Crippen LogP contribution in [0, 0.1) is 9.39 Å². The molecule has 0 saturated carbocycles. The predicted molar refractivity (Wildman–Crippen MR) is 98.3 cm³/mol. The van der Waals surface area contributed by atoms with Crippen LogP contribution in [0.2, 0.25) is 0 Å². The van der Waals surface area contributed by atoms with E-state index in [1.807, 2.05) is 6.07 Å². The van der Waals surface area contributed by atoms with E-state index in [2.05, 4.69) is 77.3 Å². The van der Waals surface area contributed by atoms with E-state index in [-0.39, 0.29) is 11.9 Å². The first-order chi connectivity index (χ1) is 10.6. The summed E-state index contributed by atoms with van der Waals surface area (Å²) in [6.07, 6.45) is 0. The highest BCUT2D eigenvalue weighted by Crippen LogP contribution is 2.24. The zero-order chi connectivity index (χ0) is 15.5. The van der Waals surface area contributed by atoms with Crippen LogP contribution < -0.4 is 5.32 Å². The highest BCUT2D eigenvalue weighted by molar-refractivity contribution is 14.1. The molecular weight excluding hydrogens is 388 g/mol. The summed E-state index contributed by atoms with van der Waals surface area (Å²) in [6, 6.07) is 20.1. The number of hydrogen-bond acceptors (Lipinski definition) is 1. The van der Waals surface area contributed by atoms with Crippen molar-refractivity contribution in [2.75, 3.05) is 0 Å². The Bertz CT molecular complexity index is 775. The van der Waals surface area contributed by atoms with E-state index in [9.17, 15) is 4.39 Å². The van der Waals surface area contributed by atoms with Crippen molar-refractivity contribution in [2.45, 2.75) is 19.5 Å². The summed E-state index contributed by atoms with van der Waals surface area (Å²) in [4.78, 5) is 0. The van der Waals surface area contributed by atoms with Crippen molar-refractivity contribution in [2.24, 2.45) is 0 Å². The van der Waals surface area contributed by atoms with Crippen molar-refractivity contribution < 1.29 is 4.39 Å². The second-order valence-corrected chi connectivity index (χ2v) is 6.69. The highest BCUT2D eigenvalue weighted by atomic mass is 127. The molecule has 3 aromatic rings. The topological polar surface area (TPSA) is 12.0 Å². The van der Waals surface area contributed by atoms with E-state index in [4.69, 9.17) is 0 Å². The van der Waals surface area contributed by atoms with Crippen molar-refractivity contribution in [3.05, 3.63) is 81.2 Å². The van der Waals surface area contributed by atoms with Crippen LogP contribution in [0.1, 0.15) is 24.1 Å². The van der Waals surface area contributed by atoms with Crippen LogP contribution in [0.5, 0.6) is 0 Å². The van der Waals surface area contributed by atoms with Crippen LogP contribution in [0.3, 0.4) is 0 Å². The van der Waals surface area contributed by atoms with E-state index in [1.165, 1.54) is 22.4 Å². The van der Waals surface area contributed by atoms with E-state index in [0.717, 1.165) is 9.13 Å².